The fourth-order valence-electron chi connectivity index (χ4n) is 2.68. The van der Waals surface area contributed by atoms with Gasteiger partial charge in [-0.15, -0.1) is 10.2 Å². The number of aryl methyl sites for hydroxylation is 1. The molecule has 3 heterocycles. The lowest BCUT2D eigenvalue weighted by Crippen LogP contribution is -2.38. The van der Waals surface area contributed by atoms with Crippen molar-refractivity contribution in [2.24, 2.45) is 5.92 Å². The average molecular weight is 332 g/mol. The van der Waals surface area contributed by atoms with Crippen LogP contribution in [0.5, 0.6) is 0 Å². The van der Waals surface area contributed by atoms with Gasteiger partial charge in [-0.05, 0) is 49.6 Å². The minimum atomic E-state index is -0.00572. The predicted molar refractivity (Wildman–Crippen MR) is 89.6 cm³/mol. The van der Waals surface area contributed by atoms with Gasteiger partial charge in [0, 0.05) is 25.2 Å². The Morgan fingerprint density at radius 1 is 1.26 bits per heavy atom. The van der Waals surface area contributed by atoms with Crippen LogP contribution < -0.4 is 10.2 Å². The van der Waals surface area contributed by atoms with Crippen LogP contribution >= 0.6 is 11.6 Å². The van der Waals surface area contributed by atoms with Crippen LogP contribution in [0, 0.1) is 12.8 Å². The molecule has 0 bridgehead atoms. The van der Waals surface area contributed by atoms with Gasteiger partial charge in [0.2, 0.25) is 5.91 Å². The Hall–Kier alpha value is -2.21. The SMILES string of the molecule is Cc1ccnc(NC(=O)C2CCN(c3ccc(Cl)nn3)CC2)c1. The minimum absolute atomic E-state index is 0.00572. The zero-order valence-corrected chi connectivity index (χ0v) is 13.6. The van der Waals surface area contributed by atoms with Crippen molar-refractivity contribution < 1.29 is 4.79 Å². The van der Waals surface area contributed by atoms with Crippen LogP contribution in [0.4, 0.5) is 11.6 Å². The van der Waals surface area contributed by atoms with Gasteiger partial charge >= 0.3 is 0 Å². The van der Waals surface area contributed by atoms with E-state index in [9.17, 15) is 4.79 Å². The van der Waals surface area contributed by atoms with E-state index in [1.165, 1.54) is 0 Å². The highest BCUT2D eigenvalue weighted by Gasteiger charge is 2.26. The molecular formula is C16H18ClN5O. The first-order chi connectivity index (χ1) is 11.1. The van der Waals surface area contributed by atoms with Crippen molar-refractivity contribution in [1.29, 1.82) is 0 Å². The number of rotatable bonds is 3. The van der Waals surface area contributed by atoms with Crippen molar-refractivity contribution in [1.82, 2.24) is 15.2 Å². The molecule has 0 aliphatic carbocycles. The highest BCUT2D eigenvalue weighted by atomic mass is 35.5. The maximum atomic E-state index is 12.4. The van der Waals surface area contributed by atoms with Gasteiger partial charge < -0.3 is 10.2 Å². The maximum absolute atomic E-state index is 12.4. The van der Waals surface area contributed by atoms with E-state index in [0.717, 1.165) is 37.3 Å². The number of hydrogen-bond donors (Lipinski definition) is 1. The summed E-state index contributed by atoms with van der Waals surface area (Å²) in [5.74, 6) is 1.44. The molecule has 0 unspecified atom stereocenters. The summed E-state index contributed by atoms with van der Waals surface area (Å²) in [5.41, 5.74) is 1.08. The molecule has 1 aliphatic heterocycles. The fourth-order valence-corrected chi connectivity index (χ4v) is 2.78. The molecule has 0 radical (unpaired) electrons. The molecule has 1 N–H and O–H groups in total. The lowest BCUT2D eigenvalue weighted by Gasteiger charge is -2.31. The maximum Gasteiger partial charge on any atom is 0.228 e. The van der Waals surface area contributed by atoms with Crippen LogP contribution in [0.3, 0.4) is 0 Å². The molecule has 6 nitrogen and oxygen atoms in total. The van der Waals surface area contributed by atoms with E-state index < -0.39 is 0 Å². The number of anilines is 2. The van der Waals surface area contributed by atoms with Crippen LogP contribution in [0.15, 0.2) is 30.5 Å². The van der Waals surface area contributed by atoms with Crippen molar-refractivity contribution in [3.63, 3.8) is 0 Å². The lowest BCUT2D eigenvalue weighted by molar-refractivity contribution is -0.120. The zero-order chi connectivity index (χ0) is 16.2. The molecule has 0 saturated carbocycles. The number of amides is 1. The Balaban J connectivity index is 1.56. The second-order valence-corrected chi connectivity index (χ2v) is 6.07. The van der Waals surface area contributed by atoms with E-state index in [-0.39, 0.29) is 11.8 Å². The molecule has 1 aliphatic rings. The first-order valence-electron chi connectivity index (χ1n) is 7.59. The number of pyridine rings is 1. The van der Waals surface area contributed by atoms with Gasteiger partial charge in [-0.3, -0.25) is 4.79 Å². The Morgan fingerprint density at radius 3 is 2.70 bits per heavy atom. The van der Waals surface area contributed by atoms with Crippen molar-refractivity contribution in [2.45, 2.75) is 19.8 Å². The van der Waals surface area contributed by atoms with E-state index in [2.05, 4.69) is 25.4 Å². The Kier molecular flexibility index (Phi) is 4.71. The minimum Gasteiger partial charge on any atom is -0.355 e. The van der Waals surface area contributed by atoms with E-state index in [0.29, 0.717) is 11.0 Å². The molecule has 2 aromatic rings. The highest BCUT2D eigenvalue weighted by molar-refractivity contribution is 6.29. The van der Waals surface area contributed by atoms with E-state index >= 15 is 0 Å². The Bertz CT molecular complexity index is 683. The third-order valence-corrected chi connectivity index (χ3v) is 4.18. The van der Waals surface area contributed by atoms with Crippen molar-refractivity contribution in [3.8, 4) is 0 Å². The molecule has 7 heteroatoms. The third kappa shape index (κ3) is 3.96. The molecule has 1 fully saturated rings. The molecule has 120 valence electrons. The van der Waals surface area contributed by atoms with Gasteiger partial charge in [0.05, 0.1) is 0 Å². The zero-order valence-electron chi connectivity index (χ0n) is 12.9. The van der Waals surface area contributed by atoms with Crippen molar-refractivity contribution >= 4 is 29.1 Å². The van der Waals surface area contributed by atoms with Gasteiger partial charge in [-0.1, -0.05) is 11.6 Å². The first-order valence-corrected chi connectivity index (χ1v) is 7.97. The number of carbonyl (C=O) groups excluding carboxylic acids is 1. The van der Waals surface area contributed by atoms with Crippen LogP contribution in [0.1, 0.15) is 18.4 Å². The topological polar surface area (TPSA) is 71.0 Å². The number of carbonyl (C=O) groups is 1. The summed E-state index contributed by atoms with van der Waals surface area (Å²) in [6, 6.07) is 7.36. The molecular weight excluding hydrogens is 314 g/mol. The Morgan fingerprint density at radius 2 is 2.04 bits per heavy atom. The summed E-state index contributed by atoms with van der Waals surface area (Å²) in [6.07, 6.45) is 3.26. The Labute approximate surface area is 139 Å². The van der Waals surface area contributed by atoms with Gasteiger partial charge in [0.15, 0.2) is 11.0 Å². The average Bonchev–Trinajstić information content (AvgIpc) is 2.56. The summed E-state index contributed by atoms with van der Waals surface area (Å²) in [7, 11) is 0. The standard InChI is InChI=1S/C16H18ClN5O/c1-11-4-7-18-14(10-11)19-16(23)12-5-8-22(9-6-12)15-3-2-13(17)20-21-15/h2-4,7,10,12H,5-6,8-9H2,1H3,(H,18,19,23). The number of nitrogens with one attached hydrogen (secondary N) is 1. The third-order valence-electron chi connectivity index (χ3n) is 3.97. The highest BCUT2D eigenvalue weighted by Crippen LogP contribution is 2.23. The van der Waals surface area contributed by atoms with E-state index in [1.807, 2.05) is 25.1 Å². The van der Waals surface area contributed by atoms with Gasteiger partial charge in [-0.2, -0.15) is 0 Å². The second kappa shape index (κ2) is 6.91. The molecule has 23 heavy (non-hydrogen) atoms. The molecule has 0 aromatic carbocycles. The van der Waals surface area contributed by atoms with Crippen LogP contribution in [-0.2, 0) is 4.79 Å². The van der Waals surface area contributed by atoms with Crippen LogP contribution in [0.2, 0.25) is 5.15 Å². The normalized spacial score (nSPS) is 15.5. The summed E-state index contributed by atoms with van der Waals surface area (Å²) in [5, 5.41) is 11.2. The van der Waals surface area contributed by atoms with E-state index in [1.54, 1.807) is 12.3 Å². The largest absolute Gasteiger partial charge is 0.355 e. The van der Waals surface area contributed by atoms with Crippen molar-refractivity contribution in [2.75, 3.05) is 23.3 Å². The van der Waals surface area contributed by atoms with Crippen molar-refractivity contribution in [3.05, 3.63) is 41.2 Å². The lowest BCUT2D eigenvalue weighted by atomic mass is 9.96. The van der Waals surface area contributed by atoms with Crippen LogP contribution in [0.25, 0.3) is 0 Å². The quantitative estimate of drug-likeness (QED) is 0.936. The number of aromatic nitrogens is 3. The monoisotopic (exact) mass is 331 g/mol. The smallest absolute Gasteiger partial charge is 0.228 e. The number of hydrogen-bond acceptors (Lipinski definition) is 5. The number of piperidine rings is 1. The second-order valence-electron chi connectivity index (χ2n) is 5.68. The first kappa shape index (κ1) is 15.7. The summed E-state index contributed by atoms with van der Waals surface area (Å²) >= 11 is 5.75. The summed E-state index contributed by atoms with van der Waals surface area (Å²) in [6.45, 7) is 3.52. The van der Waals surface area contributed by atoms with Gasteiger partial charge in [0.25, 0.3) is 0 Å². The molecule has 0 spiro atoms. The predicted octanol–water partition coefficient (Wildman–Crippen LogP) is 2.69. The molecule has 1 saturated heterocycles. The fraction of sp³-hybridized carbons (Fsp3) is 0.375. The molecule has 0 atom stereocenters. The molecule has 2 aromatic heterocycles. The summed E-state index contributed by atoms with van der Waals surface area (Å²) < 4.78 is 0. The van der Waals surface area contributed by atoms with Gasteiger partial charge in [-0.25, -0.2) is 4.98 Å². The summed E-state index contributed by atoms with van der Waals surface area (Å²) in [4.78, 5) is 18.6. The number of halogens is 1. The molecule has 1 amide bonds. The molecule has 3 rings (SSSR count). The van der Waals surface area contributed by atoms with E-state index in [4.69, 9.17) is 11.6 Å². The van der Waals surface area contributed by atoms with Gasteiger partial charge in [0.1, 0.15) is 5.82 Å². The van der Waals surface area contributed by atoms with Crippen LogP contribution in [-0.4, -0.2) is 34.2 Å². The number of nitrogens with zero attached hydrogens (tertiary/aromatic N) is 4.